The Balaban J connectivity index is 2.16. The minimum Gasteiger partial charge on any atom is -0.463 e. The molecule has 1 saturated heterocycles. The zero-order valence-electron chi connectivity index (χ0n) is 14.7. The van der Waals surface area contributed by atoms with Crippen LogP contribution in [0.15, 0.2) is 18.2 Å². The van der Waals surface area contributed by atoms with Crippen LogP contribution in [0, 0.1) is 6.92 Å². The summed E-state index contributed by atoms with van der Waals surface area (Å²) in [4.78, 5) is 15.8. The fraction of sp³-hybridized carbons (Fsp3) is 0.529. The highest BCUT2D eigenvalue weighted by Gasteiger charge is 2.52. The molecular formula is C17H24BNO4. The molecule has 0 saturated carbocycles. The van der Waals surface area contributed by atoms with Crippen LogP contribution >= 0.6 is 0 Å². The van der Waals surface area contributed by atoms with Gasteiger partial charge < -0.3 is 14.0 Å². The number of ether oxygens (including phenoxy) is 1. The molecule has 2 rings (SSSR count). The summed E-state index contributed by atoms with van der Waals surface area (Å²) in [6, 6.07) is 3.76. The standard InChI is InChI=1S/C17H24BNO4/c1-7-21-15(20)11-9-13-8-10-14(12(2)19-13)18-22-16(3,4)17(5,6)23-18/h8-11H,7H2,1-6H3/b11-9+. The second-order valence-corrected chi connectivity index (χ2v) is 6.58. The molecule has 0 unspecified atom stereocenters. The van der Waals surface area contributed by atoms with E-state index in [0.717, 1.165) is 11.2 Å². The van der Waals surface area contributed by atoms with Crippen LogP contribution in [0.25, 0.3) is 6.08 Å². The van der Waals surface area contributed by atoms with E-state index in [1.165, 1.54) is 6.08 Å². The first-order valence-electron chi connectivity index (χ1n) is 7.84. The van der Waals surface area contributed by atoms with Gasteiger partial charge in [0.15, 0.2) is 0 Å². The number of rotatable bonds is 4. The summed E-state index contributed by atoms with van der Waals surface area (Å²) in [7, 11) is -0.435. The maximum absolute atomic E-state index is 11.3. The minimum absolute atomic E-state index is 0.358. The lowest BCUT2D eigenvalue weighted by Gasteiger charge is -2.32. The largest absolute Gasteiger partial charge is 0.496 e. The molecule has 0 spiro atoms. The summed E-state index contributed by atoms with van der Waals surface area (Å²) in [6.07, 6.45) is 3.01. The highest BCUT2D eigenvalue weighted by molar-refractivity contribution is 6.62. The maximum atomic E-state index is 11.3. The summed E-state index contributed by atoms with van der Waals surface area (Å²) < 4.78 is 16.9. The molecule has 1 aromatic rings. The van der Waals surface area contributed by atoms with Gasteiger partial charge in [-0.1, -0.05) is 6.07 Å². The number of aromatic nitrogens is 1. The number of pyridine rings is 1. The van der Waals surface area contributed by atoms with Gasteiger partial charge in [-0.15, -0.1) is 0 Å². The van der Waals surface area contributed by atoms with Gasteiger partial charge in [0.05, 0.1) is 23.5 Å². The van der Waals surface area contributed by atoms with Crippen molar-refractivity contribution in [2.75, 3.05) is 6.61 Å². The van der Waals surface area contributed by atoms with Crippen molar-refractivity contribution in [2.24, 2.45) is 0 Å². The van der Waals surface area contributed by atoms with E-state index in [9.17, 15) is 4.79 Å². The van der Waals surface area contributed by atoms with E-state index < -0.39 is 7.12 Å². The Morgan fingerprint density at radius 3 is 2.39 bits per heavy atom. The van der Waals surface area contributed by atoms with Gasteiger partial charge in [0.2, 0.25) is 0 Å². The molecule has 2 heterocycles. The molecule has 0 N–H and O–H groups in total. The molecule has 6 heteroatoms. The molecular weight excluding hydrogens is 293 g/mol. The molecule has 0 amide bonds. The summed E-state index contributed by atoms with van der Waals surface area (Å²) >= 11 is 0. The van der Waals surface area contributed by atoms with Crippen LogP contribution in [0.1, 0.15) is 46.0 Å². The van der Waals surface area contributed by atoms with Crippen molar-refractivity contribution in [2.45, 2.75) is 52.7 Å². The Morgan fingerprint density at radius 2 is 1.87 bits per heavy atom. The first-order valence-corrected chi connectivity index (χ1v) is 7.84. The van der Waals surface area contributed by atoms with E-state index in [1.54, 1.807) is 13.0 Å². The van der Waals surface area contributed by atoms with Crippen LogP contribution in [-0.2, 0) is 18.8 Å². The number of carbonyl (C=O) groups excluding carboxylic acids is 1. The van der Waals surface area contributed by atoms with Crippen LogP contribution < -0.4 is 5.46 Å². The van der Waals surface area contributed by atoms with Gasteiger partial charge in [-0.2, -0.15) is 0 Å². The Hall–Kier alpha value is -1.66. The maximum Gasteiger partial charge on any atom is 0.496 e. The molecule has 0 radical (unpaired) electrons. The lowest BCUT2D eigenvalue weighted by atomic mass is 9.78. The third kappa shape index (κ3) is 3.82. The molecule has 0 bridgehead atoms. The second-order valence-electron chi connectivity index (χ2n) is 6.58. The van der Waals surface area contributed by atoms with E-state index in [4.69, 9.17) is 14.0 Å². The molecule has 1 aliphatic rings. The Morgan fingerprint density at radius 1 is 1.26 bits per heavy atom. The van der Waals surface area contributed by atoms with E-state index in [2.05, 4.69) is 4.98 Å². The van der Waals surface area contributed by atoms with Crippen molar-refractivity contribution in [3.63, 3.8) is 0 Å². The number of carbonyl (C=O) groups is 1. The van der Waals surface area contributed by atoms with E-state index in [0.29, 0.717) is 12.3 Å². The smallest absolute Gasteiger partial charge is 0.463 e. The first kappa shape index (κ1) is 17.7. The van der Waals surface area contributed by atoms with E-state index in [1.807, 2.05) is 46.8 Å². The Bertz CT molecular complexity index is 609. The average Bonchev–Trinajstić information content (AvgIpc) is 2.65. The molecule has 0 aromatic carbocycles. The second kappa shape index (κ2) is 6.45. The predicted molar refractivity (Wildman–Crippen MR) is 90.4 cm³/mol. The number of aryl methyl sites for hydroxylation is 1. The highest BCUT2D eigenvalue weighted by atomic mass is 16.7. The fourth-order valence-electron chi connectivity index (χ4n) is 2.25. The molecule has 23 heavy (non-hydrogen) atoms. The molecule has 5 nitrogen and oxygen atoms in total. The number of nitrogens with zero attached hydrogens (tertiary/aromatic N) is 1. The van der Waals surface area contributed by atoms with Crippen molar-refractivity contribution in [3.05, 3.63) is 29.6 Å². The van der Waals surface area contributed by atoms with Crippen molar-refractivity contribution >= 4 is 24.6 Å². The molecule has 124 valence electrons. The average molecular weight is 317 g/mol. The minimum atomic E-state index is -0.435. The summed E-state index contributed by atoms with van der Waals surface area (Å²) in [5.74, 6) is -0.373. The van der Waals surface area contributed by atoms with Gasteiger partial charge in [0, 0.05) is 17.2 Å². The summed E-state index contributed by atoms with van der Waals surface area (Å²) in [5, 5.41) is 0. The highest BCUT2D eigenvalue weighted by Crippen LogP contribution is 2.36. The molecule has 1 aliphatic heterocycles. The van der Waals surface area contributed by atoms with Crippen LogP contribution in [0.5, 0.6) is 0 Å². The van der Waals surface area contributed by atoms with Crippen LogP contribution in [0.4, 0.5) is 0 Å². The first-order chi connectivity index (χ1) is 10.7. The van der Waals surface area contributed by atoms with Gasteiger partial charge in [-0.25, -0.2) is 4.79 Å². The number of hydrogen-bond acceptors (Lipinski definition) is 5. The van der Waals surface area contributed by atoms with Gasteiger partial charge in [-0.05, 0) is 53.7 Å². The Labute approximate surface area is 138 Å². The van der Waals surface area contributed by atoms with Crippen molar-refractivity contribution in [3.8, 4) is 0 Å². The van der Waals surface area contributed by atoms with Crippen LogP contribution in [-0.4, -0.2) is 35.9 Å². The number of esters is 1. The normalized spacial score (nSPS) is 19.3. The van der Waals surface area contributed by atoms with Gasteiger partial charge >= 0.3 is 13.1 Å². The monoisotopic (exact) mass is 317 g/mol. The van der Waals surface area contributed by atoms with E-state index in [-0.39, 0.29) is 17.2 Å². The fourth-order valence-corrected chi connectivity index (χ4v) is 2.25. The quantitative estimate of drug-likeness (QED) is 0.484. The summed E-state index contributed by atoms with van der Waals surface area (Å²) in [5.41, 5.74) is 1.64. The lowest BCUT2D eigenvalue weighted by Crippen LogP contribution is -2.41. The molecule has 1 fully saturated rings. The van der Waals surface area contributed by atoms with Crippen molar-refractivity contribution in [1.82, 2.24) is 4.98 Å². The predicted octanol–water partition coefficient (Wildman–Crippen LogP) is 2.27. The molecule has 0 atom stereocenters. The zero-order valence-corrected chi connectivity index (χ0v) is 14.7. The SMILES string of the molecule is CCOC(=O)/C=C/c1ccc(B2OC(C)(C)C(C)(C)O2)c(C)n1. The topological polar surface area (TPSA) is 57.7 Å². The summed E-state index contributed by atoms with van der Waals surface area (Å²) in [6.45, 7) is 12.1. The lowest BCUT2D eigenvalue weighted by molar-refractivity contribution is -0.137. The van der Waals surface area contributed by atoms with Crippen LogP contribution in [0.2, 0.25) is 0 Å². The van der Waals surface area contributed by atoms with Crippen molar-refractivity contribution < 1.29 is 18.8 Å². The van der Waals surface area contributed by atoms with Crippen LogP contribution in [0.3, 0.4) is 0 Å². The third-order valence-electron chi connectivity index (χ3n) is 4.33. The van der Waals surface area contributed by atoms with Crippen molar-refractivity contribution in [1.29, 1.82) is 0 Å². The van der Waals surface area contributed by atoms with Gasteiger partial charge in [-0.3, -0.25) is 4.98 Å². The van der Waals surface area contributed by atoms with Gasteiger partial charge in [0.25, 0.3) is 0 Å². The molecule has 1 aromatic heterocycles. The van der Waals surface area contributed by atoms with E-state index >= 15 is 0 Å². The van der Waals surface area contributed by atoms with Gasteiger partial charge in [0.1, 0.15) is 0 Å². The zero-order chi connectivity index (χ0) is 17.3. The Kier molecular flexibility index (Phi) is 4.97. The number of hydrogen-bond donors (Lipinski definition) is 0. The molecule has 0 aliphatic carbocycles. The third-order valence-corrected chi connectivity index (χ3v) is 4.33.